The van der Waals surface area contributed by atoms with Crippen LogP contribution in [0.4, 0.5) is 4.39 Å². The van der Waals surface area contributed by atoms with Gasteiger partial charge in [-0.15, -0.1) is 10.2 Å². The van der Waals surface area contributed by atoms with Crippen molar-refractivity contribution in [1.82, 2.24) is 25.3 Å². The Morgan fingerprint density at radius 1 is 1.28 bits per heavy atom. The molecule has 1 fully saturated rings. The number of rotatable bonds is 4. The van der Waals surface area contributed by atoms with Crippen molar-refractivity contribution in [1.29, 1.82) is 0 Å². The molecular weight excluding hydrogens is 357 g/mol. The molecule has 1 aliphatic rings. The number of hydrogen-bond donors (Lipinski definition) is 0. The lowest BCUT2D eigenvalue weighted by Crippen LogP contribution is -2.31. The Bertz CT molecular complexity index is 868. The highest BCUT2D eigenvalue weighted by atomic mass is 35.5. The summed E-state index contributed by atoms with van der Waals surface area (Å²) in [6.07, 6.45) is 3.14. The molecule has 3 rings (SSSR count). The summed E-state index contributed by atoms with van der Waals surface area (Å²) in [5.74, 6) is -3.05. The van der Waals surface area contributed by atoms with Crippen molar-refractivity contribution in [3.63, 3.8) is 0 Å². The highest BCUT2D eigenvalue weighted by Gasteiger charge is 2.32. The number of tetrazole rings is 1. The fourth-order valence-electron chi connectivity index (χ4n) is 2.12. The minimum Gasteiger partial charge on any atom is -0.326 e. The normalized spacial score (nSPS) is 14.6. The first kappa shape index (κ1) is 16.7. The Morgan fingerprint density at radius 3 is 2.64 bits per heavy atom. The van der Waals surface area contributed by atoms with E-state index in [0.29, 0.717) is 5.06 Å². The van der Waals surface area contributed by atoms with Crippen LogP contribution in [0.15, 0.2) is 24.5 Å². The molecule has 128 valence electrons. The van der Waals surface area contributed by atoms with E-state index >= 15 is 0 Å². The average Bonchev–Trinajstić information content (AvgIpc) is 3.22. The van der Waals surface area contributed by atoms with Crippen molar-refractivity contribution < 1.29 is 23.6 Å². The standard InChI is InChI=1S/C14H9ClFN5O4/c15-9-2-3-10(20-7-17-18-19-20)8(14(9)16)1-6-13(24)25-21-11(22)4-5-12(21)23/h1-3,6-7H,4-5H2/b6-1+. The van der Waals surface area contributed by atoms with E-state index in [4.69, 9.17) is 11.6 Å². The number of amides is 2. The molecule has 2 amide bonds. The quantitative estimate of drug-likeness (QED) is 0.589. The zero-order valence-electron chi connectivity index (χ0n) is 12.4. The van der Waals surface area contributed by atoms with Gasteiger partial charge in [-0.1, -0.05) is 11.6 Å². The van der Waals surface area contributed by atoms with E-state index in [1.807, 2.05) is 0 Å². The minimum atomic E-state index is -1.02. The molecule has 0 saturated carbocycles. The summed E-state index contributed by atoms with van der Waals surface area (Å²) in [6.45, 7) is 0. The number of benzene rings is 1. The molecule has 11 heteroatoms. The summed E-state index contributed by atoms with van der Waals surface area (Å²) in [5, 5.41) is 10.8. The van der Waals surface area contributed by atoms with Crippen LogP contribution in [0.3, 0.4) is 0 Å². The van der Waals surface area contributed by atoms with E-state index in [-0.39, 0.29) is 29.1 Å². The first-order valence-corrected chi connectivity index (χ1v) is 7.32. The SMILES string of the molecule is O=C(/C=C/c1c(-n2cnnn2)ccc(Cl)c1F)ON1C(=O)CCC1=O. The molecule has 1 saturated heterocycles. The Morgan fingerprint density at radius 2 is 2.00 bits per heavy atom. The maximum absolute atomic E-state index is 14.3. The molecule has 0 radical (unpaired) electrons. The molecule has 0 spiro atoms. The second kappa shape index (κ2) is 6.77. The van der Waals surface area contributed by atoms with Gasteiger partial charge in [0.25, 0.3) is 11.8 Å². The van der Waals surface area contributed by atoms with Crippen molar-refractivity contribution in [2.24, 2.45) is 0 Å². The van der Waals surface area contributed by atoms with Crippen LogP contribution in [0, 0.1) is 5.82 Å². The van der Waals surface area contributed by atoms with Crippen LogP contribution in [0.5, 0.6) is 0 Å². The molecule has 1 aromatic heterocycles. The highest BCUT2D eigenvalue weighted by molar-refractivity contribution is 6.31. The fourth-order valence-corrected chi connectivity index (χ4v) is 2.28. The average molecular weight is 366 g/mol. The summed E-state index contributed by atoms with van der Waals surface area (Å²) in [5.41, 5.74) is 0.153. The fraction of sp³-hybridized carbons (Fsp3) is 0.143. The van der Waals surface area contributed by atoms with E-state index in [0.717, 1.165) is 12.2 Å². The van der Waals surface area contributed by atoms with E-state index in [1.165, 1.54) is 23.1 Å². The van der Waals surface area contributed by atoms with Crippen LogP contribution in [0.1, 0.15) is 18.4 Å². The predicted octanol–water partition coefficient (Wildman–Crippen LogP) is 1.08. The number of hydroxylamine groups is 2. The van der Waals surface area contributed by atoms with Crippen molar-refractivity contribution in [2.75, 3.05) is 0 Å². The molecule has 25 heavy (non-hydrogen) atoms. The van der Waals surface area contributed by atoms with Crippen molar-refractivity contribution in [2.45, 2.75) is 12.8 Å². The second-order valence-corrected chi connectivity index (χ2v) is 5.28. The number of imide groups is 1. The zero-order chi connectivity index (χ0) is 18.0. The lowest BCUT2D eigenvalue weighted by molar-refractivity contribution is -0.193. The zero-order valence-corrected chi connectivity index (χ0v) is 13.2. The van der Waals surface area contributed by atoms with Gasteiger partial charge in [-0.05, 0) is 28.6 Å². The van der Waals surface area contributed by atoms with E-state index in [2.05, 4.69) is 20.4 Å². The van der Waals surface area contributed by atoms with Gasteiger partial charge >= 0.3 is 5.97 Å². The van der Waals surface area contributed by atoms with Gasteiger partial charge in [-0.3, -0.25) is 9.59 Å². The highest BCUT2D eigenvalue weighted by Crippen LogP contribution is 2.25. The number of aromatic nitrogens is 4. The summed E-state index contributed by atoms with van der Waals surface area (Å²) in [4.78, 5) is 39.3. The largest absolute Gasteiger partial charge is 0.356 e. The van der Waals surface area contributed by atoms with Crippen molar-refractivity contribution >= 4 is 35.5 Å². The van der Waals surface area contributed by atoms with Crippen LogP contribution in [-0.4, -0.2) is 43.1 Å². The number of carbonyl (C=O) groups is 3. The van der Waals surface area contributed by atoms with E-state index in [1.54, 1.807) is 0 Å². The molecular formula is C14H9ClFN5O4. The topological polar surface area (TPSA) is 107 Å². The molecule has 1 aromatic carbocycles. The Kier molecular flexibility index (Phi) is 4.52. The van der Waals surface area contributed by atoms with Crippen LogP contribution in [0.25, 0.3) is 11.8 Å². The van der Waals surface area contributed by atoms with Crippen LogP contribution in [0.2, 0.25) is 5.02 Å². The Labute approximate surface area is 144 Å². The summed E-state index contributed by atoms with van der Waals surface area (Å²) < 4.78 is 15.5. The third-order valence-corrected chi connectivity index (χ3v) is 3.57. The van der Waals surface area contributed by atoms with Gasteiger partial charge < -0.3 is 4.84 Å². The van der Waals surface area contributed by atoms with Gasteiger partial charge in [0.05, 0.1) is 10.7 Å². The number of nitrogens with zero attached hydrogens (tertiary/aromatic N) is 5. The number of carbonyl (C=O) groups excluding carboxylic acids is 3. The van der Waals surface area contributed by atoms with Gasteiger partial charge in [-0.2, -0.15) is 4.68 Å². The molecule has 0 unspecified atom stereocenters. The second-order valence-electron chi connectivity index (χ2n) is 4.87. The van der Waals surface area contributed by atoms with Gasteiger partial charge in [0, 0.05) is 24.5 Å². The number of halogens is 2. The smallest absolute Gasteiger partial charge is 0.326 e. The van der Waals surface area contributed by atoms with Crippen LogP contribution >= 0.6 is 11.6 Å². The molecule has 2 aromatic rings. The predicted molar refractivity (Wildman–Crippen MR) is 80.3 cm³/mol. The number of hydrogen-bond acceptors (Lipinski definition) is 7. The Balaban J connectivity index is 1.85. The summed E-state index contributed by atoms with van der Waals surface area (Å²) in [7, 11) is 0. The molecule has 9 nitrogen and oxygen atoms in total. The van der Waals surface area contributed by atoms with Crippen molar-refractivity contribution in [3.05, 3.63) is 40.9 Å². The Hall–Kier alpha value is -3.14. The van der Waals surface area contributed by atoms with E-state index < -0.39 is 23.6 Å². The minimum absolute atomic E-state index is 0.0256. The third kappa shape index (κ3) is 3.38. The van der Waals surface area contributed by atoms with Gasteiger partial charge in [0.1, 0.15) is 6.33 Å². The maximum atomic E-state index is 14.3. The van der Waals surface area contributed by atoms with Gasteiger partial charge in [0.2, 0.25) is 0 Å². The summed E-state index contributed by atoms with van der Waals surface area (Å²) in [6, 6.07) is 2.77. The lowest BCUT2D eigenvalue weighted by atomic mass is 10.1. The monoisotopic (exact) mass is 365 g/mol. The molecule has 0 atom stereocenters. The molecule has 0 N–H and O–H groups in total. The molecule has 0 bridgehead atoms. The van der Waals surface area contributed by atoms with Crippen LogP contribution in [-0.2, 0) is 19.2 Å². The molecule has 1 aliphatic heterocycles. The summed E-state index contributed by atoms with van der Waals surface area (Å²) >= 11 is 5.75. The first-order chi connectivity index (χ1) is 12.0. The third-order valence-electron chi connectivity index (χ3n) is 3.28. The molecule has 2 heterocycles. The maximum Gasteiger partial charge on any atom is 0.356 e. The van der Waals surface area contributed by atoms with E-state index in [9.17, 15) is 18.8 Å². The van der Waals surface area contributed by atoms with Crippen molar-refractivity contribution in [3.8, 4) is 5.69 Å². The van der Waals surface area contributed by atoms with Gasteiger partial charge in [0.15, 0.2) is 5.82 Å². The first-order valence-electron chi connectivity index (χ1n) is 6.94. The van der Waals surface area contributed by atoms with Crippen LogP contribution < -0.4 is 0 Å². The molecule has 0 aliphatic carbocycles. The lowest BCUT2D eigenvalue weighted by Gasteiger charge is -2.11. The van der Waals surface area contributed by atoms with Gasteiger partial charge in [-0.25, -0.2) is 9.18 Å².